The van der Waals surface area contributed by atoms with Crippen molar-refractivity contribution in [3.05, 3.63) is 23.7 Å². The van der Waals surface area contributed by atoms with Crippen LogP contribution in [0.15, 0.2) is 23.7 Å². The van der Waals surface area contributed by atoms with Crippen molar-refractivity contribution in [2.24, 2.45) is 23.2 Å². The zero-order valence-corrected chi connectivity index (χ0v) is 21.6. The van der Waals surface area contributed by atoms with Gasteiger partial charge in [0, 0.05) is 25.6 Å². The van der Waals surface area contributed by atoms with Crippen LogP contribution in [0, 0.1) is 23.2 Å². The van der Waals surface area contributed by atoms with Gasteiger partial charge in [-0.1, -0.05) is 12.5 Å². The zero-order valence-electron chi connectivity index (χ0n) is 21.6. The summed E-state index contributed by atoms with van der Waals surface area (Å²) in [6.07, 6.45) is 10.5. The molecule has 7 atom stereocenters. The lowest BCUT2D eigenvalue weighted by Crippen LogP contribution is -2.77. The molecule has 3 saturated carbocycles. The third-order valence-corrected chi connectivity index (χ3v) is 10.0. The Morgan fingerprint density at radius 2 is 1.83 bits per heavy atom. The summed E-state index contributed by atoms with van der Waals surface area (Å²) in [5.41, 5.74) is -1.27. The van der Waals surface area contributed by atoms with E-state index in [1.54, 1.807) is 7.11 Å². The van der Waals surface area contributed by atoms with Crippen molar-refractivity contribution in [1.82, 2.24) is 4.90 Å². The normalized spacial score (nSPS) is 41.1. The highest BCUT2D eigenvalue weighted by Crippen LogP contribution is 2.70. The standard InChI is InChI=1S/C28H43NO7/c1-32-11-12-33-13-14-34-15-16-35-22-6-5-20-17-23-28(31)8-7-21(30)26-27(28,24(20)25(22)36-26)9-10-29(23)18-19-3-2-4-19/h5-6,19-21,23-24,26,30-31H,2-4,7-18H2,1H3/t20?,21?,23-,24?,26?,27+,28-/m1/s1. The Bertz CT molecular complexity index is 859. The summed E-state index contributed by atoms with van der Waals surface area (Å²) in [4.78, 5) is 2.60. The Morgan fingerprint density at radius 3 is 2.58 bits per heavy atom. The maximum Gasteiger partial charge on any atom is 0.157 e. The topological polar surface area (TPSA) is 89.9 Å². The van der Waals surface area contributed by atoms with Gasteiger partial charge in [-0.05, 0) is 63.0 Å². The summed E-state index contributed by atoms with van der Waals surface area (Å²) >= 11 is 0. The highest BCUT2D eigenvalue weighted by atomic mass is 16.6. The molecular formula is C28H43NO7. The van der Waals surface area contributed by atoms with Crippen molar-refractivity contribution < 1.29 is 33.9 Å². The highest BCUT2D eigenvalue weighted by Gasteiger charge is 2.76. The van der Waals surface area contributed by atoms with Crippen LogP contribution in [-0.2, 0) is 23.7 Å². The molecule has 4 aliphatic carbocycles. The molecule has 202 valence electrons. The van der Waals surface area contributed by atoms with Crippen molar-refractivity contribution in [1.29, 1.82) is 0 Å². The highest BCUT2D eigenvalue weighted by molar-refractivity contribution is 5.38. The maximum atomic E-state index is 12.5. The molecule has 2 saturated heterocycles. The van der Waals surface area contributed by atoms with Gasteiger partial charge < -0.3 is 33.9 Å². The number of hydrogen-bond donors (Lipinski definition) is 2. The number of methoxy groups -OCH3 is 1. The third kappa shape index (κ3) is 3.95. The molecule has 0 radical (unpaired) electrons. The molecule has 2 bridgehead atoms. The molecule has 6 rings (SSSR count). The number of ether oxygens (including phenoxy) is 5. The first-order valence-corrected chi connectivity index (χ1v) is 14.1. The molecule has 0 aromatic heterocycles. The number of piperidine rings is 1. The summed E-state index contributed by atoms with van der Waals surface area (Å²) in [6, 6.07) is 0.137. The molecule has 0 aromatic carbocycles. The molecule has 5 fully saturated rings. The Balaban J connectivity index is 1.16. The second-order valence-corrected chi connectivity index (χ2v) is 11.7. The minimum Gasteiger partial charge on any atom is -0.488 e. The summed E-state index contributed by atoms with van der Waals surface area (Å²) in [7, 11) is 1.66. The molecule has 8 heteroatoms. The molecule has 2 N–H and O–H groups in total. The quantitative estimate of drug-likeness (QED) is 0.391. The molecule has 4 unspecified atom stereocenters. The predicted molar refractivity (Wildman–Crippen MR) is 132 cm³/mol. The van der Waals surface area contributed by atoms with Gasteiger partial charge in [0.2, 0.25) is 0 Å². The van der Waals surface area contributed by atoms with Gasteiger partial charge >= 0.3 is 0 Å². The minimum atomic E-state index is -0.829. The molecule has 6 aliphatic rings. The molecule has 0 aromatic rings. The number of aliphatic hydroxyl groups is 2. The maximum absolute atomic E-state index is 12.5. The lowest BCUT2D eigenvalue weighted by atomic mass is 9.44. The van der Waals surface area contributed by atoms with Gasteiger partial charge in [-0.3, -0.25) is 4.90 Å². The van der Waals surface area contributed by atoms with Gasteiger partial charge in [-0.15, -0.1) is 0 Å². The van der Waals surface area contributed by atoms with E-state index >= 15 is 0 Å². The van der Waals surface area contributed by atoms with Crippen LogP contribution >= 0.6 is 0 Å². The van der Waals surface area contributed by atoms with E-state index in [0.717, 1.165) is 43.4 Å². The summed E-state index contributed by atoms with van der Waals surface area (Å²) in [5.74, 6) is 2.74. The fraction of sp³-hybridized carbons (Fsp3) is 0.857. The van der Waals surface area contributed by atoms with Crippen LogP contribution in [0.5, 0.6) is 0 Å². The van der Waals surface area contributed by atoms with Crippen LogP contribution in [0.3, 0.4) is 0 Å². The average molecular weight is 506 g/mol. The number of nitrogens with zero attached hydrogens (tertiary/aromatic N) is 1. The van der Waals surface area contributed by atoms with Crippen LogP contribution in [-0.4, -0.2) is 98.8 Å². The number of rotatable bonds is 12. The Kier molecular flexibility index (Phi) is 7.12. The van der Waals surface area contributed by atoms with Crippen molar-refractivity contribution in [2.45, 2.75) is 68.8 Å². The van der Waals surface area contributed by atoms with Gasteiger partial charge in [0.1, 0.15) is 18.5 Å². The van der Waals surface area contributed by atoms with Crippen molar-refractivity contribution in [3.8, 4) is 0 Å². The molecule has 36 heavy (non-hydrogen) atoms. The first-order valence-electron chi connectivity index (χ1n) is 14.1. The molecule has 0 amide bonds. The van der Waals surface area contributed by atoms with Crippen molar-refractivity contribution in [3.63, 3.8) is 0 Å². The minimum absolute atomic E-state index is 0.0691. The number of allylic oxidation sites excluding steroid dienone is 3. The fourth-order valence-electron chi connectivity index (χ4n) is 8.22. The molecule has 8 nitrogen and oxygen atoms in total. The first-order chi connectivity index (χ1) is 17.6. The summed E-state index contributed by atoms with van der Waals surface area (Å²) in [6.45, 7) is 5.16. The van der Waals surface area contributed by atoms with Crippen molar-refractivity contribution in [2.75, 3.05) is 59.8 Å². The number of likely N-dealkylation sites (tertiary alicyclic amines) is 1. The molecule has 1 spiro atoms. The van der Waals surface area contributed by atoms with Gasteiger partial charge in [-0.2, -0.15) is 0 Å². The van der Waals surface area contributed by atoms with Crippen LogP contribution < -0.4 is 0 Å². The third-order valence-electron chi connectivity index (χ3n) is 10.0. The Morgan fingerprint density at radius 1 is 1.06 bits per heavy atom. The van der Waals surface area contributed by atoms with Crippen LogP contribution in [0.2, 0.25) is 0 Å². The van der Waals surface area contributed by atoms with E-state index in [1.807, 2.05) is 0 Å². The largest absolute Gasteiger partial charge is 0.488 e. The van der Waals surface area contributed by atoms with Gasteiger partial charge in [0.15, 0.2) is 5.76 Å². The second kappa shape index (κ2) is 10.2. The fourth-order valence-corrected chi connectivity index (χ4v) is 8.22. The zero-order chi connectivity index (χ0) is 24.8. The van der Waals surface area contributed by atoms with Gasteiger partial charge in [0.05, 0.1) is 50.2 Å². The smallest absolute Gasteiger partial charge is 0.157 e. The van der Waals surface area contributed by atoms with E-state index in [9.17, 15) is 10.2 Å². The molecule has 2 heterocycles. The van der Waals surface area contributed by atoms with Gasteiger partial charge in [0.25, 0.3) is 0 Å². The van der Waals surface area contributed by atoms with E-state index < -0.39 is 17.1 Å². The van der Waals surface area contributed by atoms with Crippen LogP contribution in [0.4, 0.5) is 0 Å². The monoisotopic (exact) mass is 505 g/mol. The summed E-state index contributed by atoms with van der Waals surface area (Å²) in [5, 5.41) is 23.6. The van der Waals surface area contributed by atoms with Crippen molar-refractivity contribution >= 4 is 0 Å². The molecule has 2 aliphatic heterocycles. The van der Waals surface area contributed by atoms with E-state index in [-0.39, 0.29) is 18.1 Å². The van der Waals surface area contributed by atoms with E-state index in [0.29, 0.717) is 58.4 Å². The molecular weight excluding hydrogens is 462 g/mol. The number of aliphatic hydroxyl groups excluding tert-OH is 1. The second-order valence-electron chi connectivity index (χ2n) is 11.7. The van der Waals surface area contributed by atoms with E-state index in [1.165, 1.54) is 19.3 Å². The first kappa shape index (κ1) is 25.1. The predicted octanol–water partition coefficient (Wildman–Crippen LogP) is 2.25. The van der Waals surface area contributed by atoms with Gasteiger partial charge in [-0.25, -0.2) is 0 Å². The SMILES string of the molecule is COCCOCCOCCOC1=C2OC3C(O)CC[C@@]4(O)[C@H]5CC(C=C1)C2[C@@]34CCN5CC1CCC1. The summed E-state index contributed by atoms with van der Waals surface area (Å²) < 4.78 is 28.8. The van der Waals surface area contributed by atoms with Crippen LogP contribution in [0.25, 0.3) is 0 Å². The number of hydrogen-bond acceptors (Lipinski definition) is 8. The van der Waals surface area contributed by atoms with Crippen LogP contribution in [0.1, 0.15) is 44.9 Å². The lowest BCUT2D eigenvalue weighted by Gasteiger charge is -2.67. The van der Waals surface area contributed by atoms with E-state index in [2.05, 4.69) is 17.1 Å². The Hall–Kier alpha value is -1.16. The lowest BCUT2D eigenvalue weighted by molar-refractivity contribution is -0.268. The Labute approximate surface area is 214 Å². The average Bonchev–Trinajstić information content (AvgIpc) is 3.20. The van der Waals surface area contributed by atoms with E-state index in [4.69, 9.17) is 23.7 Å².